The second-order valence-electron chi connectivity index (χ2n) is 8.86. The SMILES string of the molecule is CC(=O)N[C@@H]1C[C@]12CN(c1ccc(-c3ccc(CN4CC(C#N)C4)cc3)c(F)c1)C(=O)O2. The molecule has 0 aromatic heterocycles. The van der Waals surface area contributed by atoms with Crippen LogP contribution in [0.15, 0.2) is 42.5 Å². The van der Waals surface area contributed by atoms with Crippen LogP contribution in [0.3, 0.4) is 0 Å². The van der Waals surface area contributed by atoms with Crippen LogP contribution in [0.25, 0.3) is 11.1 Å². The minimum atomic E-state index is -0.711. The predicted molar refractivity (Wildman–Crippen MR) is 115 cm³/mol. The summed E-state index contributed by atoms with van der Waals surface area (Å²) in [5.74, 6) is -0.460. The fourth-order valence-electron chi connectivity index (χ4n) is 4.53. The molecule has 7 nitrogen and oxygen atoms in total. The van der Waals surface area contributed by atoms with E-state index in [1.54, 1.807) is 12.1 Å². The van der Waals surface area contributed by atoms with Gasteiger partial charge in [0.15, 0.2) is 5.60 Å². The highest BCUT2D eigenvalue weighted by Crippen LogP contribution is 2.46. The number of anilines is 1. The van der Waals surface area contributed by atoms with E-state index in [0.717, 1.165) is 30.8 Å². The Labute approximate surface area is 185 Å². The molecule has 2 atom stereocenters. The Bertz CT molecular complexity index is 1120. The lowest BCUT2D eigenvalue weighted by Gasteiger charge is -2.35. The van der Waals surface area contributed by atoms with Gasteiger partial charge in [0, 0.05) is 38.5 Å². The van der Waals surface area contributed by atoms with Crippen LogP contribution in [0.4, 0.5) is 14.9 Å². The Morgan fingerprint density at radius 2 is 2.03 bits per heavy atom. The second kappa shape index (κ2) is 7.61. The largest absolute Gasteiger partial charge is 0.438 e. The Kier molecular flexibility index (Phi) is 4.86. The molecule has 3 fully saturated rings. The Hall–Kier alpha value is -3.44. The molecule has 3 aliphatic rings. The fraction of sp³-hybridized carbons (Fsp3) is 0.375. The first-order valence-electron chi connectivity index (χ1n) is 10.7. The summed E-state index contributed by atoms with van der Waals surface area (Å²) in [7, 11) is 0. The first kappa shape index (κ1) is 20.5. The summed E-state index contributed by atoms with van der Waals surface area (Å²) in [6, 6.07) is 14.5. The van der Waals surface area contributed by atoms with Crippen molar-refractivity contribution in [3.8, 4) is 17.2 Å². The lowest BCUT2D eigenvalue weighted by atomic mass is 9.99. The number of carbonyl (C=O) groups is 2. The van der Waals surface area contributed by atoms with Crippen molar-refractivity contribution in [3.05, 3.63) is 53.8 Å². The number of nitrogens with zero attached hydrogens (tertiary/aromatic N) is 3. The summed E-state index contributed by atoms with van der Waals surface area (Å²) in [5, 5.41) is 11.7. The lowest BCUT2D eigenvalue weighted by Crippen LogP contribution is -2.45. The number of hydrogen-bond donors (Lipinski definition) is 1. The number of halogens is 1. The number of nitrogens with one attached hydrogen (secondary N) is 1. The molecule has 1 aliphatic carbocycles. The summed E-state index contributed by atoms with van der Waals surface area (Å²) in [5.41, 5.74) is 2.05. The number of hydrogen-bond acceptors (Lipinski definition) is 5. The number of carbonyl (C=O) groups excluding carboxylic acids is 2. The number of nitriles is 1. The van der Waals surface area contributed by atoms with Gasteiger partial charge >= 0.3 is 6.09 Å². The van der Waals surface area contributed by atoms with Crippen molar-refractivity contribution in [1.82, 2.24) is 10.2 Å². The van der Waals surface area contributed by atoms with E-state index in [0.29, 0.717) is 17.7 Å². The van der Waals surface area contributed by atoms with E-state index in [1.165, 1.54) is 17.9 Å². The zero-order valence-electron chi connectivity index (χ0n) is 17.7. The molecular weight excluding hydrogens is 411 g/mol. The molecular formula is C24H23FN4O3. The molecule has 0 radical (unpaired) electrons. The van der Waals surface area contributed by atoms with E-state index >= 15 is 0 Å². The highest BCUT2D eigenvalue weighted by atomic mass is 19.1. The molecule has 2 heterocycles. The predicted octanol–water partition coefficient (Wildman–Crippen LogP) is 3.05. The summed E-state index contributed by atoms with van der Waals surface area (Å²) in [6.45, 7) is 4.07. The maximum Gasteiger partial charge on any atom is 0.415 e. The van der Waals surface area contributed by atoms with E-state index in [1.807, 2.05) is 24.3 Å². The average molecular weight is 434 g/mol. The van der Waals surface area contributed by atoms with Crippen LogP contribution in [-0.4, -0.2) is 48.2 Å². The lowest BCUT2D eigenvalue weighted by molar-refractivity contribution is -0.119. The Morgan fingerprint density at radius 3 is 2.69 bits per heavy atom. The van der Waals surface area contributed by atoms with Crippen molar-refractivity contribution in [2.75, 3.05) is 24.5 Å². The quantitative estimate of drug-likeness (QED) is 0.782. The highest BCUT2D eigenvalue weighted by Gasteiger charge is 2.64. The van der Waals surface area contributed by atoms with Gasteiger partial charge in [-0.2, -0.15) is 5.26 Å². The van der Waals surface area contributed by atoms with Crippen LogP contribution in [0.1, 0.15) is 18.9 Å². The van der Waals surface area contributed by atoms with Crippen LogP contribution in [0.2, 0.25) is 0 Å². The maximum atomic E-state index is 15.0. The molecule has 164 valence electrons. The molecule has 1 spiro atoms. The number of benzene rings is 2. The van der Waals surface area contributed by atoms with Gasteiger partial charge in [-0.3, -0.25) is 14.6 Å². The van der Waals surface area contributed by atoms with Crippen molar-refractivity contribution in [2.45, 2.75) is 31.5 Å². The van der Waals surface area contributed by atoms with Gasteiger partial charge < -0.3 is 10.1 Å². The molecule has 1 saturated carbocycles. The normalized spacial score (nSPS) is 24.7. The molecule has 2 aromatic rings. The number of likely N-dealkylation sites (tertiary alicyclic amines) is 1. The molecule has 2 amide bonds. The second-order valence-corrected chi connectivity index (χ2v) is 8.86. The highest BCUT2D eigenvalue weighted by molar-refractivity contribution is 5.91. The zero-order chi connectivity index (χ0) is 22.5. The molecule has 2 saturated heterocycles. The number of rotatable bonds is 5. The topological polar surface area (TPSA) is 85.7 Å². The number of amides is 2. The third-order valence-corrected chi connectivity index (χ3v) is 6.41. The van der Waals surface area contributed by atoms with E-state index in [2.05, 4.69) is 16.3 Å². The smallest absolute Gasteiger partial charge is 0.415 e. The summed E-state index contributed by atoms with van der Waals surface area (Å²) in [6.07, 6.45) is 0.0371. The van der Waals surface area contributed by atoms with Crippen LogP contribution >= 0.6 is 0 Å². The molecule has 2 aromatic carbocycles. The Morgan fingerprint density at radius 1 is 1.28 bits per heavy atom. The van der Waals surface area contributed by atoms with Gasteiger partial charge in [0.05, 0.1) is 30.3 Å². The Balaban J connectivity index is 1.26. The van der Waals surface area contributed by atoms with Crippen LogP contribution in [0.5, 0.6) is 0 Å². The van der Waals surface area contributed by atoms with Crippen molar-refractivity contribution >= 4 is 17.7 Å². The van der Waals surface area contributed by atoms with E-state index in [9.17, 15) is 14.0 Å². The van der Waals surface area contributed by atoms with Gasteiger partial charge in [-0.1, -0.05) is 24.3 Å². The van der Waals surface area contributed by atoms with Gasteiger partial charge in [-0.05, 0) is 29.3 Å². The van der Waals surface area contributed by atoms with Crippen molar-refractivity contribution in [2.24, 2.45) is 5.92 Å². The van der Waals surface area contributed by atoms with Gasteiger partial charge in [0.1, 0.15) is 5.82 Å². The minimum absolute atomic E-state index is 0.126. The molecule has 2 aliphatic heterocycles. The van der Waals surface area contributed by atoms with E-state index in [-0.39, 0.29) is 24.4 Å². The van der Waals surface area contributed by atoms with Gasteiger partial charge in [0.2, 0.25) is 5.91 Å². The van der Waals surface area contributed by atoms with Gasteiger partial charge in [0.25, 0.3) is 0 Å². The first-order chi connectivity index (χ1) is 15.4. The number of ether oxygens (including phenoxy) is 1. The van der Waals surface area contributed by atoms with Crippen LogP contribution in [-0.2, 0) is 16.1 Å². The van der Waals surface area contributed by atoms with E-state index in [4.69, 9.17) is 10.00 Å². The minimum Gasteiger partial charge on any atom is -0.438 e. The fourth-order valence-corrected chi connectivity index (χ4v) is 4.53. The summed E-state index contributed by atoms with van der Waals surface area (Å²) >= 11 is 0. The van der Waals surface area contributed by atoms with Crippen molar-refractivity contribution < 1.29 is 18.7 Å². The zero-order valence-corrected chi connectivity index (χ0v) is 17.7. The molecule has 32 heavy (non-hydrogen) atoms. The third kappa shape index (κ3) is 3.69. The van der Waals surface area contributed by atoms with Gasteiger partial charge in [-0.25, -0.2) is 9.18 Å². The monoisotopic (exact) mass is 434 g/mol. The molecule has 0 unspecified atom stereocenters. The molecule has 0 bridgehead atoms. The summed E-state index contributed by atoms with van der Waals surface area (Å²) < 4.78 is 20.5. The third-order valence-electron chi connectivity index (χ3n) is 6.41. The average Bonchev–Trinajstić information content (AvgIpc) is 3.25. The standard InChI is InChI=1S/C24H23FN4O3/c1-15(30)27-22-9-24(22)14-29(23(31)32-24)19-6-7-20(21(25)8-19)18-4-2-16(3-5-18)11-28-12-17(10-26)13-28/h2-8,17,22H,9,11-14H2,1H3,(H,27,30)/t22-,24+/m1/s1. The van der Waals surface area contributed by atoms with Crippen molar-refractivity contribution in [1.29, 1.82) is 5.26 Å². The van der Waals surface area contributed by atoms with E-state index < -0.39 is 17.5 Å². The molecule has 1 N–H and O–H groups in total. The van der Waals surface area contributed by atoms with Gasteiger partial charge in [-0.15, -0.1) is 0 Å². The summed E-state index contributed by atoms with van der Waals surface area (Å²) in [4.78, 5) is 27.3. The molecule has 5 rings (SSSR count). The maximum absolute atomic E-state index is 15.0. The molecule has 8 heteroatoms. The van der Waals surface area contributed by atoms with Crippen LogP contribution in [0, 0.1) is 23.1 Å². The van der Waals surface area contributed by atoms with Crippen molar-refractivity contribution in [3.63, 3.8) is 0 Å². The first-order valence-corrected chi connectivity index (χ1v) is 10.7. The van der Waals surface area contributed by atoms with Crippen LogP contribution < -0.4 is 10.2 Å².